The van der Waals surface area contributed by atoms with Crippen molar-refractivity contribution in [3.05, 3.63) is 23.7 Å². The predicted octanol–water partition coefficient (Wildman–Crippen LogP) is 0.692. The van der Waals surface area contributed by atoms with Crippen LogP contribution in [0.3, 0.4) is 0 Å². The molecule has 0 aliphatic carbocycles. The van der Waals surface area contributed by atoms with Crippen molar-refractivity contribution in [3.63, 3.8) is 0 Å². The maximum Gasteiger partial charge on any atom is 0.266 e. The van der Waals surface area contributed by atoms with Gasteiger partial charge in [-0.2, -0.15) is 16.8 Å². The van der Waals surface area contributed by atoms with Gasteiger partial charge >= 0.3 is 0 Å². The summed E-state index contributed by atoms with van der Waals surface area (Å²) in [5, 5.41) is 6.22. The largest absolute Gasteiger partial charge is 0.464 e. The molecule has 21 heavy (non-hydrogen) atoms. The highest BCUT2D eigenvalue weighted by atomic mass is 32.2. The number of carbonyl (C=O) groups is 1. The number of amides is 1. The van der Waals surface area contributed by atoms with Crippen LogP contribution in [-0.2, 0) is 17.1 Å². The molecule has 7 heteroatoms. The molecule has 1 aromatic rings. The summed E-state index contributed by atoms with van der Waals surface area (Å²) in [7, 11) is 4.05. The zero-order valence-corrected chi connectivity index (χ0v) is 13.3. The van der Waals surface area contributed by atoms with E-state index in [2.05, 4.69) is 20.5 Å². The van der Waals surface area contributed by atoms with Crippen LogP contribution in [0, 0.1) is 0 Å². The zero-order chi connectivity index (χ0) is 15.1. The van der Waals surface area contributed by atoms with E-state index in [1.807, 2.05) is 38.0 Å². The van der Waals surface area contributed by atoms with E-state index < -0.39 is 0 Å². The molecule has 1 aliphatic rings. The summed E-state index contributed by atoms with van der Waals surface area (Å²) in [6, 6.07) is 4.08. The summed E-state index contributed by atoms with van der Waals surface area (Å²) >= 11 is 1.82. The fraction of sp³-hybridized carbons (Fsp3) is 0.571. The summed E-state index contributed by atoms with van der Waals surface area (Å²) in [4.78, 5) is 16.9. The Morgan fingerprint density at radius 3 is 2.95 bits per heavy atom. The average Bonchev–Trinajstić information content (AvgIpc) is 3.02. The Labute approximate surface area is 129 Å². The lowest BCUT2D eigenvalue weighted by molar-refractivity contribution is -0.116. The molecule has 1 aromatic heterocycles. The fourth-order valence-electron chi connectivity index (χ4n) is 1.93. The minimum Gasteiger partial charge on any atom is -0.464 e. The van der Waals surface area contributed by atoms with Crippen LogP contribution in [0.4, 0.5) is 0 Å². The lowest BCUT2D eigenvalue weighted by atomic mass is 10.4. The van der Waals surface area contributed by atoms with E-state index in [4.69, 9.17) is 4.42 Å². The summed E-state index contributed by atoms with van der Waals surface area (Å²) in [6.07, 6.45) is 0. The van der Waals surface area contributed by atoms with Crippen LogP contribution in [0.2, 0.25) is 0 Å². The monoisotopic (exact) mass is 310 g/mol. The molecule has 0 radical (unpaired) electrons. The number of aliphatic imine (C=N–C) groups is 1. The molecule has 0 atom stereocenters. The van der Waals surface area contributed by atoms with Crippen LogP contribution in [-0.4, -0.2) is 56.1 Å². The first-order valence-corrected chi connectivity index (χ1v) is 8.14. The molecular weight excluding hydrogens is 288 g/mol. The highest BCUT2D eigenvalue weighted by Crippen LogP contribution is 2.15. The smallest absolute Gasteiger partial charge is 0.266 e. The fourth-order valence-corrected chi connectivity index (χ4v) is 2.72. The van der Waals surface area contributed by atoms with E-state index in [0.717, 1.165) is 42.0 Å². The van der Waals surface area contributed by atoms with E-state index in [9.17, 15) is 4.79 Å². The molecule has 0 bridgehead atoms. The lowest BCUT2D eigenvalue weighted by Gasteiger charge is -2.06. The van der Waals surface area contributed by atoms with Crippen molar-refractivity contribution >= 4 is 23.5 Å². The summed E-state index contributed by atoms with van der Waals surface area (Å²) < 4.78 is 5.74. The van der Waals surface area contributed by atoms with Gasteiger partial charge in [-0.3, -0.25) is 4.79 Å². The Kier molecular flexibility index (Phi) is 6.28. The van der Waals surface area contributed by atoms with E-state index in [-0.39, 0.29) is 5.91 Å². The summed E-state index contributed by atoms with van der Waals surface area (Å²) in [5.41, 5.74) is 0. The molecule has 0 spiro atoms. The van der Waals surface area contributed by atoms with Crippen molar-refractivity contribution in [3.8, 4) is 0 Å². The van der Waals surface area contributed by atoms with Crippen molar-refractivity contribution in [1.29, 1.82) is 0 Å². The number of hydrogen-bond donors (Lipinski definition) is 2. The number of nitrogens with zero attached hydrogens (tertiary/aromatic N) is 2. The molecule has 116 valence electrons. The highest BCUT2D eigenvalue weighted by molar-refractivity contribution is 7.98. The normalized spacial score (nSPS) is 14.6. The third-order valence-electron chi connectivity index (χ3n) is 2.85. The van der Waals surface area contributed by atoms with Gasteiger partial charge in [0.05, 0.1) is 25.4 Å². The van der Waals surface area contributed by atoms with Crippen LogP contribution in [0.25, 0.3) is 0 Å². The van der Waals surface area contributed by atoms with Gasteiger partial charge < -0.3 is 20.0 Å². The standard InChI is InChI=1S/C14H22N4O2S/c1-18(2)9-11-3-4-12(20-11)10-21-6-5-15-7-13-16-8-14(19)17-13/h3-4,15H,5-10H2,1-2H3,(H,16,17,19). The van der Waals surface area contributed by atoms with Gasteiger partial charge in [-0.15, -0.1) is 0 Å². The Morgan fingerprint density at radius 2 is 2.24 bits per heavy atom. The van der Waals surface area contributed by atoms with Gasteiger partial charge in [0, 0.05) is 12.3 Å². The molecule has 2 heterocycles. The second-order valence-electron chi connectivity index (χ2n) is 5.14. The lowest BCUT2D eigenvalue weighted by Crippen LogP contribution is -2.32. The molecular formula is C14H22N4O2S. The van der Waals surface area contributed by atoms with Gasteiger partial charge in [0.2, 0.25) is 0 Å². The van der Waals surface area contributed by atoms with Gasteiger partial charge in [0.15, 0.2) is 0 Å². The van der Waals surface area contributed by atoms with Crippen LogP contribution >= 0.6 is 11.8 Å². The predicted molar refractivity (Wildman–Crippen MR) is 85.6 cm³/mol. The highest BCUT2D eigenvalue weighted by Gasteiger charge is 2.11. The van der Waals surface area contributed by atoms with E-state index in [0.29, 0.717) is 13.1 Å². The van der Waals surface area contributed by atoms with Crippen molar-refractivity contribution in [2.45, 2.75) is 12.3 Å². The molecule has 0 saturated carbocycles. The molecule has 2 N–H and O–H groups in total. The number of thioether (sulfide) groups is 1. The third kappa shape index (κ3) is 5.91. The summed E-state index contributed by atoms with van der Waals surface area (Å²) in [6.45, 7) is 2.67. The van der Waals surface area contributed by atoms with Gasteiger partial charge in [-0.05, 0) is 26.2 Å². The van der Waals surface area contributed by atoms with E-state index >= 15 is 0 Å². The first kappa shape index (κ1) is 16.1. The molecule has 6 nitrogen and oxygen atoms in total. The van der Waals surface area contributed by atoms with E-state index in [1.54, 1.807) is 0 Å². The summed E-state index contributed by atoms with van der Waals surface area (Å²) in [5.74, 6) is 4.54. The van der Waals surface area contributed by atoms with Crippen LogP contribution in [0.15, 0.2) is 21.5 Å². The van der Waals surface area contributed by atoms with E-state index in [1.165, 1.54) is 0 Å². The van der Waals surface area contributed by atoms with Crippen molar-refractivity contribution in [2.75, 3.05) is 39.5 Å². The number of rotatable bonds is 9. The second kappa shape index (κ2) is 8.21. The minimum atomic E-state index is -0.0903. The number of hydrogen-bond acceptors (Lipinski definition) is 6. The molecule has 1 amide bonds. The SMILES string of the molecule is CN(C)Cc1ccc(CSCCNCC2=NC(=O)CN2)o1. The molecule has 0 fully saturated rings. The maximum atomic E-state index is 10.9. The Bertz CT molecular complexity index is 499. The van der Waals surface area contributed by atoms with Crippen LogP contribution in [0.1, 0.15) is 11.5 Å². The Balaban J connectivity index is 1.54. The molecule has 1 aliphatic heterocycles. The average molecular weight is 310 g/mol. The van der Waals surface area contributed by atoms with Crippen molar-refractivity contribution < 1.29 is 9.21 Å². The zero-order valence-electron chi connectivity index (χ0n) is 12.5. The molecule has 0 aromatic carbocycles. The van der Waals surface area contributed by atoms with Gasteiger partial charge in [-0.1, -0.05) is 0 Å². The van der Waals surface area contributed by atoms with Crippen LogP contribution in [0.5, 0.6) is 0 Å². The minimum absolute atomic E-state index is 0.0903. The molecule has 0 unspecified atom stereocenters. The number of nitrogens with one attached hydrogen (secondary N) is 2. The van der Waals surface area contributed by atoms with Gasteiger partial charge in [0.1, 0.15) is 17.4 Å². The molecule has 0 saturated heterocycles. The van der Waals surface area contributed by atoms with Gasteiger partial charge in [0.25, 0.3) is 5.91 Å². The first-order chi connectivity index (χ1) is 10.1. The van der Waals surface area contributed by atoms with Crippen molar-refractivity contribution in [1.82, 2.24) is 15.5 Å². The maximum absolute atomic E-state index is 10.9. The van der Waals surface area contributed by atoms with Gasteiger partial charge in [-0.25, -0.2) is 0 Å². The quantitative estimate of drug-likeness (QED) is 0.654. The Hall–Kier alpha value is -1.31. The van der Waals surface area contributed by atoms with Crippen LogP contribution < -0.4 is 10.6 Å². The Morgan fingerprint density at radius 1 is 1.43 bits per heavy atom. The first-order valence-electron chi connectivity index (χ1n) is 6.98. The number of carbonyl (C=O) groups excluding carboxylic acids is 1. The number of amidine groups is 1. The third-order valence-corrected chi connectivity index (χ3v) is 3.83. The van der Waals surface area contributed by atoms with Crippen molar-refractivity contribution in [2.24, 2.45) is 4.99 Å². The second-order valence-corrected chi connectivity index (χ2v) is 6.25. The topological polar surface area (TPSA) is 69.9 Å². The molecule has 2 rings (SSSR count). The number of furan rings is 1.